The number of hydrogen-bond donors (Lipinski definition) is 3. The Morgan fingerprint density at radius 1 is 1.04 bits per heavy atom. The van der Waals surface area contributed by atoms with Gasteiger partial charge < -0.3 is 14.9 Å². The van der Waals surface area contributed by atoms with Crippen LogP contribution in [0.25, 0.3) is 0 Å². The second-order valence-corrected chi connectivity index (χ2v) is 9.61. The maximum absolute atomic E-state index is 14.0. The molecule has 4 aliphatic rings. The molecule has 0 aromatic carbocycles. The standard InChI is InChI=1S/C14H18F4O7S/c15-13(14(16,17)18,26(22,23)24)9(19)25-7-10-1-8-2-11(20,4-10)6-12(21,3-8)5-10/h8,20-21H,1-7H2,(H,22,23,24). The molecule has 0 heterocycles. The Morgan fingerprint density at radius 3 is 1.92 bits per heavy atom. The van der Waals surface area contributed by atoms with Crippen molar-refractivity contribution in [1.29, 1.82) is 0 Å². The molecule has 0 radical (unpaired) electrons. The molecule has 26 heavy (non-hydrogen) atoms. The van der Waals surface area contributed by atoms with Crippen molar-refractivity contribution in [1.82, 2.24) is 0 Å². The minimum absolute atomic E-state index is 0.0310. The number of aliphatic hydroxyl groups is 2. The van der Waals surface area contributed by atoms with Crippen LogP contribution < -0.4 is 0 Å². The van der Waals surface area contributed by atoms with Crippen molar-refractivity contribution >= 4 is 16.1 Å². The number of carbonyl (C=O) groups is 1. The summed E-state index contributed by atoms with van der Waals surface area (Å²) >= 11 is 0. The molecular weight excluding hydrogens is 388 g/mol. The van der Waals surface area contributed by atoms with E-state index in [-0.39, 0.29) is 25.2 Å². The van der Waals surface area contributed by atoms with Crippen LogP contribution in [0, 0.1) is 11.3 Å². The largest absolute Gasteiger partial charge is 0.462 e. The second kappa shape index (κ2) is 5.30. The molecule has 12 heteroatoms. The lowest BCUT2D eigenvalue weighted by atomic mass is 9.46. The lowest BCUT2D eigenvalue weighted by molar-refractivity contribution is -0.246. The molecule has 0 spiro atoms. The summed E-state index contributed by atoms with van der Waals surface area (Å²) in [5.41, 5.74) is -3.61. The number of alkyl halides is 4. The maximum Gasteiger partial charge on any atom is 0.451 e. The van der Waals surface area contributed by atoms with Crippen molar-refractivity contribution in [3.05, 3.63) is 0 Å². The Hall–Kier alpha value is -0.980. The molecule has 4 rings (SSSR count). The fourth-order valence-corrected chi connectivity index (χ4v) is 5.93. The Kier molecular flexibility index (Phi) is 4.03. The van der Waals surface area contributed by atoms with Crippen molar-refractivity contribution < 1.29 is 50.3 Å². The first kappa shape index (κ1) is 19.8. The van der Waals surface area contributed by atoms with E-state index in [4.69, 9.17) is 4.55 Å². The summed E-state index contributed by atoms with van der Waals surface area (Å²) in [6.45, 7) is -0.801. The highest BCUT2D eigenvalue weighted by Gasteiger charge is 2.73. The van der Waals surface area contributed by atoms with E-state index >= 15 is 0 Å². The summed E-state index contributed by atoms with van der Waals surface area (Å²) in [7, 11) is -6.49. The summed E-state index contributed by atoms with van der Waals surface area (Å²) in [6.07, 6.45) is -4.96. The summed E-state index contributed by atoms with van der Waals surface area (Å²) in [5, 5.41) is 15.5. The highest BCUT2D eigenvalue weighted by molar-refractivity contribution is 7.88. The molecular formula is C14H18F4O7S. The van der Waals surface area contributed by atoms with Gasteiger partial charge in [0, 0.05) is 11.8 Å². The molecule has 0 aromatic rings. The molecule has 3 atom stereocenters. The van der Waals surface area contributed by atoms with Crippen LogP contribution in [0.4, 0.5) is 17.6 Å². The Bertz CT molecular complexity index is 718. The molecule has 3 unspecified atom stereocenters. The predicted molar refractivity (Wildman–Crippen MR) is 75.9 cm³/mol. The molecule has 4 aliphatic carbocycles. The van der Waals surface area contributed by atoms with Crippen LogP contribution in [-0.2, 0) is 19.6 Å². The first-order valence-corrected chi connectivity index (χ1v) is 9.32. The lowest BCUT2D eigenvalue weighted by Gasteiger charge is -2.63. The van der Waals surface area contributed by atoms with Crippen LogP contribution in [0.2, 0.25) is 0 Å². The molecule has 0 aliphatic heterocycles. The van der Waals surface area contributed by atoms with E-state index in [0.29, 0.717) is 19.3 Å². The molecule has 0 aromatic heterocycles. The van der Waals surface area contributed by atoms with Gasteiger partial charge in [-0.15, -0.1) is 0 Å². The van der Waals surface area contributed by atoms with E-state index in [1.165, 1.54) is 0 Å². The van der Waals surface area contributed by atoms with Gasteiger partial charge in [-0.2, -0.15) is 21.6 Å². The fraction of sp³-hybridized carbons (Fsp3) is 0.929. The van der Waals surface area contributed by atoms with Gasteiger partial charge in [0.2, 0.25) is 0 Å². The quantitative estimate of drug-likeness (QED) is 0.363. The summed E-state index contributed by atoms with van der Waals surface area (Å²) in [6, 6.07) is 0. The average Bonchev–Trinajstić information content (AvgIpc) is 2.37. The number of rotatable bonds is 4. The number of hydrogen-bond acceptors (Lipinski definition) is 6. The minimum atomic E-state index is -6.49. The van der Waals surface area contributed by atoms with Gasteiger partial charge in [0.25, 0.3) is 0 Å². The molecule has 7 nitrogen and oxygen atoms in total. The van der Waals surface area contributed by atoms with Crippen molar-refractivity contribution in [3.8, 4) is 0 Å². The van der Waals surface area contributed by atoms with Gasteiger partial charge in [0.15, 0.2) is 0 Å². The third-order valence-electron chi connectivity index (χ3n) is 5.62. The average molecular weight is 406 g/mol. The zero-order valence-electron chi connectivity index (χ0n) is 13.4. The van der Waals surface area contributed by atoms with Gasteiger partial charge in [-0.1, -0.05) is 0 Å². The fourth-order valence-electron chi connectivity index (χ4n) is 5.37. The van der Waals surface area contributed by atoms with E-state index in [1.54, 1.807) is 0 Å². The van der Waals surface area contributed by atoms with Crippen LogP contribution in [0.15, 0.2) is 0 Å². The first-order valence-electron chi connectivity index (χ1n) is 7.88. The van der Waals surface area contributed by atoms with Crippen LogP contribution in [0.1, 0.15) is 38.5 Å². The van der Waals surface area contributed by atoms with Gasteiger partial charge >= 0.3 is 27.3 Å². The van der Waals surface area contributed by atoms with Crippen LogP contribution >= 0.6 is 0 Å². The third-order valence-corrected chi connectivity index (χ3v) is 6.73. The van der Waals surface area contributed by atoms with E-state index in [1.807, 2.05) is 0 Å². The normalized spacial score (nSPS) is 41.7. The van der Waals surface area contributed by atoms with Crippen molar-refractivity contribution in [3.63, 3.8) is 0 Å². The van der Waals surface area contributed by atoms with E-state index in [0.717, 1.165) is 0 Å². The van der Waals surface area contributed by atoms with Gasteiger partial charge in [-0.3, -0.25) is 4.55 Å². The number of carbonyl (C=O) groups excluding carboxylic acids is 1. The highest BCUT2D eigenvalue weighted by atomic mass is 32.2. The second-order valence-electron chi connectivity index (χ2n) is 8.10. The summed E-state index contributed by atoms with van der Waals surface area (Å²) in [4.78, 5) is 11.6. The molecule has 0 amide bonds. The van der Waals surface area contributed by atoms with Gasteiger partial charge in [0.1, 0.15) is 0 Å². The molecule has 4 fully saturated rings. The van der Waals surface area contributed by atoms with E-state index in [2.05, 4.69) is 4.74 Å². The first-order chi connectivity index (χ1) is 11.5. The summed E-state index contributed by atoms with van der Waals surface area (Å²) < 4.78 is 86.9. The molecule has 150 valence electrons. The van der Waals surface area contributed by atoms with Gasteiger partial charge in [0.05, 0.1) is 17.8 Å². The zero-order chi connectivity index (χ0) is 19.8. The number of esters is 1. The lowest BCUT2D eigenvalue weighted by Crippen LogP contribution is -2.64. The molecule has 0 saturated heterocycles. The van der Waals surface area contributed by atoms with Crippen molar-refractivity contribution in [2.45, 2.75) is 60.9 Å². The monoisotopic (exact) mass is 406 g/mol. The van der Waals surface area contributed by atoms with Crippen LogP contribution in [-0.4, -0.2) is 58.1 Å². The molecule has 3 N–H and O–H groups in total. The van der Waals surface area contributed by atoms with Gasteiger partial charge in [-0.25, -0.2) is 9.18 Å². The predicted octanol–water partition coefficient (Wildman–Crippen LogP) is 1.09. The topological polar surface area (TPSA) is 121 Å². The number of halogens is 4. The minimum Gasteiger partial charge on any atom is -0.462 e. The number of ether oxygens (including phenoxy) is 1. The van der Waals surface area contributed by atoms with Crippen LogP contribution in [0.3, 0.4) is 0 Å². The smallest absolute Gasteiger partial charge is 0.451 e. The Labute approximate surface area is 146 Å². The van der Waals surface area contributed by atoms with Gasteiger partial charge in [-0.05, 0) is 38.0 Å². The Morgan fingerprint density at radius 2 is 1.54 bits per heavy atom. The van der Waals surface area contributed by atoms with Crippen molar-refractivity contribution in [2.24, 2.45) is 11.3 Å². The van der Waals surface area contributed by atoms with E-state index < -0.39 is 50.5 Å². The third kappa shape index (κ3) is 2.90. The SMILES string of the molecule is O=C(OCC12CC3CC(O)(CC(O)(C3)C1)C2)C(F)(C(F)(F)F)S(=O)(=O)O. The zero-order valence-corrected chi connectivity index (χ0v) is 14.2. The molecule has 4 saturated carbocycles. The Balaban J connectivity index is 1.82. The van der Waals surface area contributed by atoms with Crippen LogP contribution in [0.5, 0.6) is 0 Å². The summed E-state index contributed by atoms with van der Waals surface area (Å²) in [5.74, 6) is -2.93. The van der Waals surface area contributed by atoms with Crippen molar-refractivity contribution in [2.75, 3.05) is 6.61 Å². The highest BCUT2D eigenvalue weighted by Crippen LogP contribution is 2.63. The van der Waals surface area contributed by atoms with E-state index in [9.17, 15) is 41.0 Å². The molecule has 4 bridgehead atoms. The maximum atomic E-state index is 14.0.